The Kier molecular flexibility index (Phi) is 7.71. The number of hydrazone groups is 1. The maximum atomic E-state index is 12.2. The van der Waals surface area contributed by atoms with Gasteiger partial charge in [0.1, 0.15) is 5.75 Å². The molecular weight excluding hydrogens is 448 g/mol. The molecule has 1 unspecified atom stereocenters. The third-order valence-electron chi connectivity index (χ3n) is 3.83. The van der Waals surface area contributed by atoms with Crippen LogP contribution in [-0.4, -0.2) is 29.9 Å². The van der Waals surface area contributed by atoms with Gasteiger partial charge in [-0.15, -0.1) is 0 Å². The van der Waals surface area contributed by atoms with Crippen molar-refractivity contribution in [1.82, 2.24) is 5.43 Å². The van der Waals surface area contributed by atoms with Crippen molar-refractivity contribution >= 4 is 39.7 Å². The number of phenols is 1. The van der Waals surface area contributed by atoms with Crippen molar-refractivity contribution < 1.29 is 19.4 Å². The third kappa shape index (κ3) is 5.62. The molecule has 6 nitrogen and oxygen atoms in total. The number of benzene rings is 2. The van der Waals surface area contributed by atoms with Crippen LogP contribution in [0.25, 0.3) is 0 Å². The minimum absolute atomic E-state index is 0.0126. The second kappa shape index (κ2) is 9.80. The fourth-order valence-corrected chi connectivity index (χ4v) is 3.00. The third-order valence-corrected chi connectivity index (χ3v) is 5.03. The Hall–Kier alpha value is -2.25. The molecular formula is C20H22BrClN2O4. The highest BCUT2D eigenvalue weighted by Crippen LogP contribution is 2.35. The maximum absolute atomic E-state index is 12.2. The molecule has 2 aromatic carbocycles. The quantitative estimate of drug-likeness (QED) is 0.453. The molecule has 0 aliphatic rings. The number of halogens is 2. The highest BCUT2D eigenvalue weighted by molar-refractivity contribution is 9.10. The zero-order valence-corrected chi connectivity index (χ0v) is 18.4. The van der Waals surface area contributed by atoms with Gasteiger partial charge in [0.15, 0.2) is 17.6 Å². The molecule has 150 valence electrons. The van der Waals surface area contributed by atoms with E-state index in [2.05, 4.69) is 26.5 Å². The Balaban J connectivity index is 2.01. The van der Waals surface area contributed by atoms with Gasteiger partial charge in [-0.25, -0.2) is 5.43 Å². The first-order valence-corrected chi connectivity index (χ1v) is 9.81. The van der Waals surface area contributed by atoms with Gasteiger partial charge in [0.05, 0.1) is 17.3 Å². The van der Waals surface area contributed by atoms with Gasteiger partial charge >= 0.3 is 0 Å². The lowest BCUT2D eigenvalue weighted by molar-refractivity contribution is -0.127. The van der Waals surface area contributed by atoms with E-state index in [9.17, 15) is 9.90 Å². The van der Waals surface area contributed by atoms with Crippen LogP contribution < -0.4 is 14.9 Å². The number of hydrogen-bond donors (Lipinski definition) is 2. The molecule has 28 heavy (non-hydrogen) atoms. The summed E-state index contributed by atoms with van der Waals surface area (Å²) in [7, 11) is 0. The molecule has 0 aliphatic carbocycles. The average molecular weight is 470 g/mol. The van der Waals surface area contributed by atoms with Gasteiger partial charge in [-0.3, -0.25) is 4.79 Å². The summed E-state index contributed by atoms with van der Waals surface area (Å²) < 4.78 is 11.5. The van der Waals surface area contributed by atoms with Crippen molar-refractivity contribution in [3.05, 3.63) is 50.5 Å². The van der Waals surface area contributed by atoms with Crippen LogP contribution >= 0.6 is 27.5 Å². The van der Waals surface area contributed by atoms with Crippen LogP contribution in [0.3, 0.4) is 0 Å². The minimum Gasteiger partial charge on any atom is -0.503 e. The highest BCUT2D eigenvalue weighted by Gasteiger charge is 2.15. The van der Waals surface area contributed by atoms with Crippen molar-refractivity contribution in [2.45, 2.75) is 33.8 Å². The number of carbonyl (C=O) groups is 1. The monoisotopic (exact) mass is 468 g/mol. The standard InChI is InChI=1S/C20H22BrClN2O4/c1-5-27-17-9-14(8-16(21)19(17)25)10-23-24-20(26)13(4)28-15-6-11(2)18(22)12(3)7-15/h6-10,13,25H,5H2,1-4H3,(H,24,26)/b23-10+. The first-order chi connectivity index (χ1) is 13.2. The number of nitrogens with one attached hydrogen (secondary N) is 1. The predicted octanol–water partition coefficient (Wildman–Crippen LogP) is 4.74. The number of aromatic hydroxyl groups is 1. The Labute approximate surface area is 177 Å². The molecule has 0 heterocycles. The normalized spacial score (nSPS) is 12.1. The van der Waals surface area contributed by atoms with E-state index in [0.29, 0.717) is 33.2 Å². The topological polar surface area (TPSA) is 80.2 Å². The van der Waals surface area contributed by atoms with Crippen molar-refractivity contribution in [2.24, 2.45) is 5.10 Å². The molecule has 8 heteroatoms. The Morgan fingerprint density at radius 2 is 1.96 bits per heavy atom. The van der Waals surface area contributed by atoms with Crippen LogP contribution in [0.15, 0.2) is 33.8 Å². The summed E-state index contributed by atoms with van der Waals surface area (Å²) in [6.45, 7) is 7.62. The van der Waals surface area contributed by atoms with Gasteiger partial charge in [0.2, 0.25) is 0 Å². The molecule has 2 aromatic rings. The number of nitrogens with zero attached hydrogens (tertiary/aromatic N) is 1. The number of phenolic OH excluding ortho intramolecular Hbond substituents is 1. The fourth-order valence-electron chi connectivity index (χ4n) is 2.43. The molecule has 2 N–H and O–H groups in total. The summed E-state index contributed by atoms with van der Waals surface area (Å²) in [4.78, 5) is 12.2. The summed E-state index contributed by atoms with van der Waals surface area (Å²) in [5.41, 5.74) is 4.84. The lowest BCUT2D eigenvalue weighted by Gasteiger charge is -2.15. The van der Waals surface area contributed by atoms with Gasteiger partial charge in [-0.1, -0.05) is 11.6 Å². The van der Waals surface area contributed by atoms with E-state index in [1.54, 1.807) is 31.2 Å². The maximum Gasteiger partial charge on any atom is 0.280 e. The highest BCUT2D eigenvalue weighted by atomic mass is 79.9. The molecule has 0 saturated carbocycles. The number of aryl methyl sites for hydroxylation is 2. The zero-order chi connectivity index (χ0) is 20.8. The van der Waals surface area contributed by atoms with E-state index in [-0.39, 0.29) is 5.75 Å². The molecule has 0 bridgehead atoms. The SMILES string of the molecule is CCOc1cc(/C=N/NC(=O)C(C)Oc2cc(C)c(Cl)c(C)c2)cc(Br)c1O. The van der Waals surface area contributed by atoms with Gasteiger partial charge in [0, 0.05) is 5.02 Å². The van der Waals surface area contributed by atoms with Crippen molar-refractivity contribution in [3.8, 4) is 17.2 Å². The van der Waals surface area contributed by atoms with Gasteiger partial charge in [0.25, 0.3) is 5.91 Å². The van der Waals surface area contributed by atoms with Crippen molar-refractivity contribution in [3.63, 3.8) is 0 Å². The molecule has 1 amide bonds. The summed E-state index contributed by atoms with van der Waals surface area (Å²) in [6.07, 6.45) is 0.705. The second-order valence-electron chi connectivity index (χ2n) is 6.15. The van der Waals surface area contributed by atoms with E-state index < -0.39 is 12.0 Å². The number of ether oxygens (including phenoxy) is 2. The number of carbonyl (C=O) groups excluding carboxylic acids is 1. The van der Waals surface area contributed by atoms with Crippen LogP contribution in [0.1, 0.15) is 30.5 Å². The molecule has 0 aliphatic heterocycles. The Morgan fingerprint density at radius 3 is 2.57 bits per heavy atom. The predicted molar refractivity (Wildman–Crippen MR) is 114 cm³/mol. The summed E-state index contributed by atoms with van der Waals surface area (Å²) in [5, 5.41) is 14.5. The van der Waals surface area contributed by atoms with Crippen LogP contribution in [0.5, 0.6) is 17.2 Å². The molecule has 0 fully saturated rings. The zero-order valence-electron chi connectivity index (χ0n) is 16.0. The van der Waals surface area contributed by atoms with Crippen LogP contribution in [-0.2, 0) is 4.79 Å². The fraction of sp³-hybridized carbons (Fsp3) is 0.300. The van der Waals surface area contributed by atoms with Gasteiger partial charge in [-0.05, 0) is 84.6 Å². The molecule has 0 aromatic heterocycles. The van der Waals surface area contributed by atoms with Gasteiger partial charge in [-0.2, -0.15) is 5.10 Å². The molecule has 2 rings (SSSR count). The van der Waals surface area contributed by atoms with Crippen LogP contribution in [0.4, 0.5) is 0 Å². The second-order valence-corrected chi connectivity index (χ2v) is 7.38. The van der Waals surface area contributed by atoms with Crippen molar-refractivity contribution in [1.29, 1.82) is 0 Å². The van der Waals surface area contributed by atoms with Gasteiger partial charge < -0.3 is 14.6 Å². The molecule has 0 saturated heterocycles. The van der Waals surface area contributed by atoms with Crippen LogP contribution in [0.2, 0.25) is 5.02 Å². The smallest absolute Gasteiger partial charge is 0.280 e. The summed E-state index contributed by atoms with van der Waals surface area (Å²) in [6, 6.07) is 6.85. The average Bonchev–Trinajstić information content (AvgIpc) is 2.63. The number of hydrogen-bond acceptors (Lipinski definition) is 5. The lowest BCUT2D eigenvalue weighted by atomic mass is 10.1. The van der Waals surface area contributed by atoms with Crippen LogP contribution in [0, 0.1) is 13.8 Å². The number of amides is 1. The van der Waals surface area contributed by atoms with E-state index in [4.69, 9.17) is 21.1 Å². The lowest BCUT2D eigenvalue weighted by Crippen LogP contribution is -2.33. The largest absolute Gasteiger partial charge is 0.503 e. The summed E-state index contributed by atoms with van der Waals surface area (Å²) in [5.74, 6) is 0.507. The van der Waals surface area contributed by atoms with E-state index in [0.717, 1.165) is 11.1 Å². The Bertz CT molecular complexity index is 879. The Morgan fingerprint density at radius 1 is 1.32 bits per heavy atom. The minimum atomic E-state index is -0.748. The number of rotatable bonds is 7. The summed E-state index contributed by atoms with van der Waals surface area (Å²) >= 11 is 9.40. The molecule has 0 radical (unpaired) electrons. The van der Waals surface area contributed by atoms with E-state index in [1.165, 1.54) is 6.21 Å². The first kappa shape index (κ1) is 22.0. The van der Waals surface area contributed by atoms with E-state index >= 15 is 0 Å². The molecule has 0 spiro atoms. The first-order valence-electron chi connectivity index (χ1n) is 8.64. The van der Waals surface area contributed by atoms with Crippen molar-refractivity contribution in [2.75, 3.05) is 6.61 Å². The van der Waals surface area contributed by atoms with E-state index in [1.807, 2.05) is 20.8 Å². The molecule has 1 atom stereocenters.